The van der Waals surface area contributed by atoms with E-state index in [1.807, 2.05) is 7.05 Å². The van der Waals surface area contributed by atoms with Gasteiger partial charge in [0, 0.05) is 19.4 Å². The molecule has 2 heterocycles. The fourth-order valence-corrected chi connectivity index (χ4v) is 4.44. The highest BCUT2D eigenvalue weighted by Crippen LogP contribution is 2.40. The van der Waals surface area contributed by atoms with Crippen molar-refractivity contribution < 1.29 is 4.79 Å². The fourth-order valence-electron chi connectivity index (χ4n) is 4.44. The molecule has 1 saturated carbocycles. The Morgan fingerprint density at radius 3 is 2.42 bits per heavy atom. The van der Waals surface area contributed by atoms with E-state index in [0.29, 0.717) is 29.6 Å². The van der Waals surface area contributed by atoms with Crippen LogP contribution in [0.3, 0.4) is 0 Å². The van der Waals surface area contributed by atoms with Gasteiger partial charge in [-0.15, -0.1) is 0 Å². The Labute approximate surface area is 157 Å². The molecule has 2 aliphatic rings. The molecule has 6 nitrogen and oxygen atoms in total. The van der Waals surface area contributed by atoms with Crippen LogP contribution in [0, 0.1) is 17.3 Å². The quantitative estimate of drug-likeness (QED) is 0.861. The van der Waals surface area contributed by atoms with Crippen molar-refractivity contribution in [3.05, 3.63) is 5.82 Å². The normalized spacial score (nSPS) is 25.2. The van der Waals surface area contributed by atoms with Gasteiger partial charge in [-0.3, -0.25) is 10.1 Å². The van der Waals surface area contributed by atoms with Crippen molar-refractivity contribution in [3.8, 4) is 0 Å². The number of hydrogen-bond donors (Lipinski definition) is 2. The zero-order valence-electron chi connectivity index (χ0n) is 16.8. The van der Waals surface area contributed by atoms with Gasteiger partial charge in [-0.25, -0.2) is 4.68 Å². The highest BCUT2D eigenvalue weighted by atomic mass is 16.1. The summed E-state index contributed by atoms with van der Waals surface area (Å²) in [6, 6.07) is 0. The first-order valence-corrected chi connectivity index (χ1v) is 10.2. The van der Waals surface area contributed by atoms with Crippen LogP contribution in [-0.4, -0.2) is 33.8 Å². The molecule has 2 fully saturated rings. The van der Waals surface area contributed by atoms with Crippen LogP contribution in [-0.2, 0) is 11.8 Å². The van der Waals surface area contributed by atoms with Gasteiger partial charge < -0.3 is 5.32 Å². The van der Waals surface area contributed by atoms with E-state index in [0.717, 1.165) is 50.5 Å². The van der Waals surface area contributed by atoms with E-state index in [4.69, 9.17) is 0 Å². The van der Waals surface area contributed by atoms with Gasteiger partial charge in [-0.05, 0) is 68.9 Å². The second-order valence-electron chi connectivity index (χ2n) is 9.28. The van der Waals surface area contributed by atoms with Crippen molar-refractivity contribution in [2.75, 3.05) is 18.4 Å². The van der Waals surface area contributed by atoms with E-state index in [1.54, 1.807) is 4.68 Å². The van der Waals surface area contributed by atoms with Crippen molar-refractivity contribution in [1.82, 2.24) is 20.1 Å². The minimum Gasteiger partial charge on any atom is -0.317 e. The van der Waals surface area contributed by atoms with Crippen molar-refractivity contribution in [2.45, 2.75) is 71.6 Å². The van der Waals surface area contributed by atoms with Crippen molar-refractivity contribution in [2.24, 2.45) is 24.3 Å². The molecule has 6 heteroatoms. The number of aromatic nitrogens is 3. The maximum absolute atomic E-state index is 12.5. The lowest BCUT2D eigenvalue weighted by atomic mass is 9.69. The summed E-state index contributed by atoms with van der Waals surface area (Å²) in [6.07, 6.45) is 7.54. The average Bonchev–Trinajstić information content (AvgIpc) is 2.96. The van der Waals surface area contributed by atoms with E-state index < -0.39 is 0 Å². The van der Waals surface area contributed by atoms with E-state index in [1.165, 1.54) is 12.8 Å². The average molecular weight is 362 g/mol. The molecule has 1 aromatic rings. The van der Waals surface area contributed by atoms with Crippen LogP contribution in [0.4, 0.5) is 5.95 Å². The van der Waals surface area contributed by atoms with Gasteiger partial charge in [0.1, 0.15) is 0 Å². The molecule has 0 spiro atoms. The predicted molar refractivity (Wildman–Crippen MR) is 104 cm³/mol. The Bertz CT molecular complexity index is 604. The number of nitrogens with one attached hydrogen (secondary N) is 2. The summed E-state index contributed by atoms with van der Waals surface area (Å²) in [6.45, 7) is 9.03. The number of aryl methyl sites for hydroxylation is 1. The Kier molecular flexibility index (Phi) is 6.00. The van der Waals surface area contributed by atoms with Gasteiger partial charge in [-0.1, -0.05) is 20.8 Å². The second-order valence-corrected chi connectivity index (χ2v) is 9.28. The standard InChI is InChI=1S/C20H35N5O/c1-20(2,3)16-7-5-14(6-8-16)13-17(26)22-19-23-18(24-25(19)4)15-9-11-21-12-10-15/h14-16,21H,5-13H2,1-4H3,(H,22,23,24,26). The lowest BCUT2D eigenvalue weighted by Crippen LogP contribution is -2.28. The molecule has 0 radical (unpaired) electrons. The topological polar surface area (TPSA) is 71.8 Å². The number of rotatable bonds is 4. The molecule has 0 bridgehead atoms. The number of hydrogen-bond acceptors (Lipinski definition) is 4. The molecule has 1 amide bonds. The van der Waals surface area contributed by atoms with Gasteiger partial charge in [0.05, 0.1) is 0 Å². The minimum atomic E-state index is 0.0802. The van der Waals surface area contributed by atoms with Gasteiger partial charge in [-0.2, -0.15) is 10.1 Å². The largest absolute Gasteiger partial charge is 0.317 e. The molecule has 1 aromatic heterocycles. The molecule has 1 aliphatic carbocycles. The Morgan fingerprint density at radius 2 is 1.81 bits per heavy atom. The fraction of sp³-hybridized carbons (Fsp3) is 0.850. The van der Waals surface area contributed by atoms with E-state index in [2.05, 4.69) is 41.5 Å². The number of carbonyl (C=O) groups is 1. The van der Waals surface area contributed by atoms with Gasteiger partial charge in [0.25, 0.3) is 0 Å². The Morgan fingerprint density at radius 1 is 1.15 bits per heavy atom. The summed E-state index contributed by atoms with van der Waals surface area (Å²) in [7, 11) is 1.86. The Hall–Kier alpha value is -1.43. The predicted octanol–water partition coefficient (Wildman–Crippen LogP) is 3.46. The van der Waals surface area contributed by atoms with E-state index in [9.17, 15) is 4.79 Å². The first-order chi connectivity index (χ1) is 12.3. The molecule has 3 rings (SSSR count). The van der Waals surface area contributed by atoms with Crippen LogP contribution in [0.5, 0.6) is 0 Å². The number of amides is 1. The molecule has 146 valence electrons. The maximum Gasteiger partial charge on any atom is 0.227 e. The number of carbonyl (C=O) groups excluding carboxylic acids is 1. The molecule has 1 aliphatic heterocycles. The van der Waals surface area contributed by atoms with Gasteiger partial charge in [0.15, 0.2) is 5.82 Å². The van der Waals surface area contributed by atoms with Gasteiger partial charge in [0.2, 0.25) is 11.9 Å². The Balaban J connectivity index is 1.50. The van der Waals surface area contributed by atoms with E-state index in [-0.39, 0.29) is 5.91 Å². The number of nitrogens with zero attached hydrogens (tertiary/aromatic N) is 3. The van der Waals surface area contributed by atoms with Crippen LogP contribution in [0.25, 0.3) is 0 Å². The molecular weight excluding hydrogens is 326 g/mol. The smallest absolute Gasteiger partial charge is 0.227 e. The van der Waals surface area contributed by atoms with Gasteiger partial charge >= 0.3 is 0 Å². The SMILES string of the molecule is Cn1nc(C2CCNCC2)nc1NC(=O)CC1CCC(C(C)(C)C)CC1. The molecule has 26 heavy (non-hydrogen) atoms. The zero-order chi connectivity index (χ0) is 18.7. The van der Waals surface area contributed by atoms with Crippen LogP contribution in [0.15, 0.2) is 0 Å². The molecule has 0 unspecified atom stereocenters. The molecule has 2 N–H and O–H groups in total. The third-order valence-electron chi connectivity index (χ3n) is 6.28. The summed E-state index contributed by atoms with van der Waals surface area (Å²) in [5.74, 6) is 3.23. The highest BCUT2D eigenvalue weighted by Gasteiger charge is 2.30. The van der Waals surface area contributed by atoms with Crippen LogP contribution in [0.2, 0.25) is 0 Å². The van der Waals surface area contributed by atoms with Crippen LogP contribution < -0.4 is 10.6 Å². The van der Waals surface area contributed by atoms with Crippen molar-refractivity contribution >= 4 is 11.9 Å². The number of anilines is 1. The lowest BCUT2D eigenvalue weighted by Gasteiger charge is -2.36. The second kappa shape index (κ2) is 8.07. The zero-order valence-corrected chi connectivity index (χ0v) is 16.8. The lowest BCUT2D eigenvalue weighted by molar-refractivity contribution is -0.117. The highest BCUT2D eigenvalue weighted by molar-refractivity contribution is 5.89. The van der Waals surface area contributed by atoms with Crippen LogP contribution in [0.1, 0.15) is 77.5 Å². The first kappa shape index (κ1) is 19.3. The molecule has 1 saturated heterocycles. The van der Waals surface area contributed by atoms with E-state index >= 15 is 0 Å². The minimum absolute atomic E-state index is 0.0802. The van der Waals surface area contributed by atoms with Crippen molar-refractivity contribution in [3.63, 3.8) is 0 Å². The summed E-state index contributed by atoms with van der Waals surface area (Å²) >= 11 is 0. The molecule has 0 atom stereocenters. The summed E-state index contributed by atoms with van der Waals surface area (Å²) in [5.41, 5.74) is 0.386. The summed E-state index contributed by atoms with van der Waals surface area (Å²) in [4.78, 5) is 17.1. The summed E-state index contributed by atoms with van der Waals surface area (Å²) < 4.78 is 1.71. The summed E-state index contributed by atoms with van der Waals surface area (Å²) in [5, 5.41) is 10.9. The number of piperidine rings is 1. The molecular formula is C20H35N5O. The first-order valence-electron chi connectivity index (χ1n) is 10.2. The third kappa shape index (κ3) is 4.84. The maximum atomic E-state index is 12.5. The monoisotopic (exact) mass is 361 g/mol. The van der Waals surface area contributed by atoms with Crippen LogP contribution >= 0.6 is 0 Å². The van der Waals surface area contributed by atoms with Crippen molar-refractivity contribution in [1.29, 1.82) is 0 Å². The molecule has 0 aromatic carbocycles. The third-order valence-corrected chi connectivity index (χ3v) is 6.28.